The number of methoxy groups -OCH3 is 1. The minimum atomic E-state index is 0.568. The number of rotatable bonds is 7. The van der Waals surface area contributed by atoms with Gasteiger partial charge in [-0.25, -0.2) is 0 Å². The van der Waals surface area contributed by atoms with Crippen LogP contribution in [0.2, 0.25) is 5.02 Å². The smallest absolute Gasteiger partial charge is 0.137 e. The molecule has 1 atom stereocenters. The van der Waals surface area contributed by atoms with Crippen molar-refractivity contribution in [2.45, 2.75) is 25.8 Å². The maximum absolute atomic E-state index is 6.12. The van der Waals surface area contributed by atoms with Crippen LogP contribution in [0.3, 0.4) is 0 Å². The zero-order valence-electron chi connectivity index (χ0n) is 12.6. The molecule has 1 unspecified atom stereocenters. The monoisotopic (exact) mass is 303 g/mol. The van der Waals surface area contributed by atoms with E-state index in [-0.39, 0.29) is 0 Å². The van der Waals surface area contributed by atoms with Crippen molar-refractivity contribution >= 4 is 11.6 Å². The molecule has 3 heteroatoms. The molecule has 2 rings (SSSR count). The van der Waals surface area contributed by atoms with Crippen LogP contribution in [0.5, 0.6) is 5.75 Å². The van der Waals surface area contributed by atoms with E-state index in [1.165, 1.54) is 11.1 Å². The second-order valence-electron chi connectivity index (χ2n) is 5.25. The Kier molecular flexibility index (Phi) is 6.09. The summed E-state index contributed by atoms with van der Waals surface area (Å²) in [6.45, 7) is 4.08. The van der Waals surface area contributed by atoms with Crippen LogP contribution in [-0.2, 0) is 6.54 Å². The van der Waals surface area contributed by atoms with E-state index in [2.05, 4.69) is 42.6 Å². The van der Waals surface area contributed by atoms with Crippen LogP contribution < -0.4 is 10.1 Å². The highest BCUT2D eigenvalue weighted by Crippen LogP contribution is 2.24. The molecular formula is C18H22ClNO. The quantitative estimate of drug-likeness (QED) is 0.753. The summed E-state index contributed by atoms with van der Waals surface area (Å²) in [4.78, 5) is 0. The summed E-state index contributed by atoms with van der Waals surface area (Å²) >= 11 is 6.12. The third kappa shape index (κ3) is 4.76. The average Bonchev–Trinajstić information content (AvgIpc) is 2.52. The third-order valence-corrected chi connectivity index (χ3v) is 3.96. The van der Waals surface area contributed by atoms with Crippen molar-refractivity contribution in [1.82, 2.24) is 5.32 Å². The molecule has 0 heterocycles. The average molecular weight is 304 g/mol. The Morgan fingerprint density at radius 2 is 1.90 bits per heavy atom. The summed E-state index contributed by atoms with van der Waals surface area (Å²) in [6, 6.07) is 16.5. The second-order valence-corrected chi connectivity index (χ2v) is 5.65. The fraction of sp³-hybridized carbons (Fsp3) is 0.333. The van der Waals surface area contributed by atoms with E-state index in [4.69, 9.17) is 16.3 Å². The second kappa shape index (κ2) is 8.06. The molecule has 0 saturated heterocycles. The van der Waals surface area contributed by atoms with Gasteiger partial charge in [-0.1, -0.05) is 54.9 Å². The van der Waals surface area contributed by atoms with Crippen LogP contribution in [0.25, 0.3) is 0 Å². The molecule has 0 aliphatic rings. The first-order valence-corrected chi connectivity index (χ1v) is 7.66. The number of ether oxygens (including phenoxy) is 1. The van der Waals surface area contributed by atoms with Crippen molar-refractivity contribution < 1.29 is 4.74 Å². The molecule has 112 valence electrons. The van der Waals surface area contributed by atoms with Crippen molar-refractivity contribution in [3.63, 3.8) is 0 Å². The molecule has 0 amide bonds. The van der Waals surface area contributed by atoms with Gasteiger partial charge < -0.3 is 10.1 Å². The van der Waals surface area contributed by atoms with Gasteiger partial charge in [0, 0.05) is 6.54 Å². The van der Waals surface area contributed by atoms with Gasteiger partial charge in [-0.3, -0.25) is 0 Å². The molecule has 0 aromatic heterocycles. The Balaban J connectivity index is 1.76. The van der Waals surface area contributed by atoms with E-state index in [1.54, 1.807) is 7.11 Å². The van der Waals surface area contributed by atoms with Crippen LogP contribution in [-0.4, -0.2) is 13.7 Å². The Morgan fingerprint density at radius 1 is 1.14 bits per heavy atom. The highest BCUT2D eigenvalue weighted by Gasteiger charge is 2.05. The number of benzene rings is 2. The summed E-state index contributed by atoms with van der Waals surface area (Å²) in [5, 5.41) is 4.13. The molecule has 2 nitrogen and oxygen atoms in total. The largest absolute Gasteiger partial charge is 0.495 e. The van der Waals surface area contributed by atoms with Crippen LogP contribution >= 0.6 is 11.6 Å². The van der Waals surface area contributed by atoms with Gasteiger partial charge >= 0.3 is 0 Å². The first kappa shape index (κ1) is 15.9. The van der Waals surface area contributed by atoms with Gasteiger partial charge in [-0.15, -0.1) is 0 Å². The maximum atomic E-state index is 6.12. The van der Waals surface area contributed by atoms with Gasteiger partial charge in [0.05, 0.1) is 12.1 Å². The molecule has 2 aromatic carbocycles. The van der Waals surface area contributed by atoms with Gasteiger partial charge in [0.2, 0.25) is 0 Å². The Bertz CT molecular complexity index is 556. The van der Waals surface area contributed by atoms with Crippen LogP contribution in [0.1, 0.15) is 30.4 Å². The molecule has 1 N–H and O–H groups in total. The first-order chi connectivity index (χ1) is 10.2. The first-order valence-electron chi connectivity index (χ1n) is 7.29. The van der Waals surface area contributed by atoms with Gasteiger partial charge in [-0.2, -0.15) is 0 Å². The lowest BCUT2D eigenvalue weighted by Crippen LogP contribution is -2.16. The van der Waals surface area contributed by atoms with Gasteiger partial charge in [-0.05, 0) is 42.1 Å². The molecule has 0 radical (unpaired) electrons. The van der Waals surface area contributed by atoms with Crippen molar-refractivity contribution in [2.75, 3.05) is 13.7 Å². The van der Waals surface area contributed by atoms with Gasteiger partial charge in [0.15, 0.2) is 0 Å². The lowest BCUT2D eigenvalue weighted by atomic mass is 9.98. The minimum Gasteiger partial charge on any atom is -0.495 e. The molecule has 0 spiro atoms. The molecule has 2 aromatic rings. The van der Waals surface area contributed by atoms with Crippen LogP contribution in [0, 0.1) is 0 Å². The Hall–Kier alpha value is -1.51. The van der Waals surface area contributed by atoms with Crippen LogP contribution in [0.15, 0.2) is 48.5 Å². The predicted octanol–water partition coefficient (Wildman–Crippen LogP) is 4.63. The molecule has 0 aliphatic heterocycles. The summed E-state index contributed by atoms with van der Waals surface area (Å²) in [6.07, 6.45) is 1.12. The SMILES string of the molecule is COc1ccc(CNCCC(C)c2ccccc2)cc1Cl. The normalized spacial score (nSPS) is 12.1. The number of hydrogen-bond acceptors (Lipinski definition) is 2. The fourth-order valence-corrected chi connectivity index (χ4v) is 2.60. The number of halogens is 1. The Morgan fingerprint density at radius 3 is 2.57 bits per heavy atom. The standard InChI is InChI=1S/C18H22ClNO/c1-14(16-6-4-3-5-7-16)10-11-20-13-15-8-9-18(21-2)17(19)12-15/h3-9,12,14,20H,10-11,13H2,1-2H3. The maximum Gasteiger partial charge on any atom is 0.137 e. The lowest BCUT2D eigenvalue weighted by Gasteiger charge is -2.13. The zero-order chi connectivity index (χ0) is 15.1. The van der Waals surface area contributed by atoms with Crippen molar-refractivity contribution in [1.29, 1.82) is 0 Å². The summed E-state index contributed by atoms with van der Waals surface area (Å²) in [5.74, 6) is 1.29. The molecule has 0 fully saturated rings. The highest BCUT2D eigenvalue weighted by atomic mass is 35.5. The van der Waals surface area contributed by atoms with E-state index >= 15 is 0 Å². The highest BCUT2D eigenvalue weighted by molar-refractivity contribution is 6.32. The third-order valence-electron chi connectivity index (χ3n) is 3.67. The zero-order valence-corrected chi connectivity index (χ0v) is 13.4. The van der Waals surface area contributed by atoms with Gasteiger partial charge in [0.25, 0.3) is 0 Å². The fourth-order valence-electron chi connectivity index (χ4n) is 2.32. The Labute approximate surface area is 132 Å². The number of hydrogen-bond donors (Lipinski definition) is 1. The summed E-state index contributed by atoms with van der Waals surface area (Å²) in [7, 11) is 1.63. The van der Waals surface area contributed by atoms with E-state index in [1.807, 2.05) is 18.2 Å². The van der Waals surface area contributed by atoms with Crippen LogP contribution in [0.4, 0.5) is 0 Å². The molecule has 0 bridgehead atoms. The van der Waals surface area contributed by atoms with Gasteiger partial charge in [0.1, 0.15) is 5.75 Å². The molecule has 0 saturated carbocycles. The van der Waals surface area contributed by atoms with Crippen molar-refractivity contribution in [3.05, 3.63) is 64.7 Å². The van der Waals surface area contributed by atoms with E-state index in [0.29, 0.717) is 10.9 Å². The van der Waals surface area contributed by atoms with E-state index in [0.717, 1.165) is 25.3 Å². The van der Waals surface area contributed by atoms with Crippen molar-refractivity contribution in [2.24, 2.45) is 0 Å². The molecule has 0 aliphatic carbocycles. The summed E-state index contributed by atoms with van der Waals surface area (Å²) < 4.78 is 5.15. The van der Waals surface area contributed by atoms with E-state index < -0.39 is 0 Å². The molecule has 21 heavy (non-hydrogen) atoms. The molecular weight excluding hydrogens is 282 g/mol. The predicted molar refractivity (Wildman–Crippen MR) is 89.2 cm³/mol. The van der Waals surface area contributed by atoms with Crippen molar-refractivity contribution in [3.8, 4) is 5.75 Å². The van der Waals surface area contributed by atoms with E-state index in [9.17, 15) is 0 Å². The minimum absolute atomic E-state index is 0.568. The summed E-state index contributed by atoms with van der Waals surface area (Å²) in [5.41, 5.74) is 2.57. The topological polar surface area (TPSA) is 21.3 Å². The number of nitrogens with one attached hydrogen (secondary N) is 1. The lowest BCUT2D eigenvalue weighted by molar-refractivity contribution is 0.415.